The quantitative estimate of drug-likeness (QED) is 0.746. The molecule has 1 aromatic heterocycles. The zero-order valence-corrected chi connectivity index (χ0v) is 8.75. The molecular weight excluding hydrogens is 186 g/mol. The third-order valence-corrected chi connectivity index (χ3v) is 4.60. The van der Waals surface area contributed by atoms with Crippen LogP contribution in [0.15, 0.2) is 17.5 Å². The predicted octanol–water partition coefficient (Wildman–Crippen LogP) is 2.72. The van der Waals surface area contributed by atoms with Crippen molar-refractivity contribution in [3.05, 3.63) is 22.4 Å². The van der Waals surface area contributed by atoms with Crippen LogP contribution in [-0.2, 0) is 0 Å². The van der Waals surface area contributed by atoms with E-state index in [1.807, 2.05) is 23.1 Å². The fraction of sp³-hybridized carbons (Fsp3) is 0.556. The highest BCUT2D eigenvalue weighted by Crippen LogP contribution is 2.33. The van der Waals surface area contributed by atoms with E-state index < -0.39 is 0 Å². The van der Waals surface area contributed by atoms with Crippen LogP contribution in [0.25, 0.3) is 0 Å². The van der Waals surface area contributed by atoms with Gasteiger partial charge in [0.05, 0.1) is 5.37 Å². The lowest BCUT2D eigenvalue weighted by Crippen LogP contribution is -2.30. The van der Waals surface area contributed by atoms with Gasteiger partial charge in [0.1, 0.15) is 0 Å². The summed E-state index contributed by atoms with van der Waals surface area (Å²) in [4.78, 5) is 1.46. The second kappa shape index (κ2) is 3.81. The number of nitrogens with one attached hydrogen (secondary N) is 1. The Bertz CT molecular complexity index is 225. The Balaban J connectivity index is 1.99. The summed E-state index contributed by atoms with van der Waals surface area (Å²) in [5, 5.41) is 6.25. The molecule has 1 nitrogen and oxygen atoms in total. The Kier molecular flexibility index (Phi) is 2.73. The molecule has 2 unspecified atom stereocenters. The molecule has 2 atom stereocenters. The second-order valence-corrected chi connectivity index (χ2v) is 5.36. The minimum Gasteiger partial charge on any atom is -0.301 e. The molecule has 1 fully saturated rings. The molecule has 2 heterocycles. The predicted molar refractivity (Wildman–Crippen MR) is 56.7 cm³/mol. The molecule has 12 heavy (non-hydrogen) atoms. The lowest BCUT2D eigenvalue weighted by Gasteiger charge is -2.26. The molecule has 1 aliphatic rings. The van der Waals surface area contributed by atoms with Gasteiger partial charge in [0.2, 0.25) is 0 Å². The van der Waals surface area contributed by atoms with Crippen LogP contribution < -0.4 is 5.32 Å². The van der Waals surface area contributed by atoms with E-state index in [1.165, 1.54) is 10.6 Å². The van der Waals surface area contributed by atoms with Crippen molar-refractivity contribution in [2.24, 2.45) is 5.92 Å². The molecule has 3 heteroatoms. The van der Waals surface area contributed by atoms with Gasteiger partial charge in [-0.15, -0.1) is 23.1 Å². The van der Waals surface area contributed by atoms with Crippen molar-refractivity contribution in [2.45, 2.75) is 12.3 Å². The maximum Gasteiger partial charge on any atom is 0.0882 e. The molecule has 0 aliphatic carbocycles. The summed E-state index contributed by atoms with van der Waals surface area (Å²) in [7, 11) is 0. The van der Waals surface area contributed by atoms with Gasteiger partial charge in [-0.2, -0.15) is 0 Å². The topological polar surface area (TPSA) is 12.0 Å². The third-order valence-electron chi connectivity index (χ3n) is 2.00. The number of hydrogen-bond donors (Lipinski definition) is 1. The SMILES string of the molecule is CC1CNC(c2cccs2)SC1. The van der Waals surface area contributed by atoms with Crippen LogP contribution in [0.2, 0.25) is 0 Å². The molecule has 0 aromatic carbocycles. The largest absolute Gasteiger partial charge is 0.301 e. The molecule has 0 spiro atoms. The normalized spacial score (nSPS) is 30.4. The van der Waals surface area contributed by atoms with Crippen LogP contribution in [0.3, 0.4) is 0 Å². The summed E-state index contributed by atoms with van der Waals surface area (Å²) in [6.45, 7) is 3.46. The minimum absolute atomic E-state index is 0.557. The lowest BCUT2D eigenvalue weighted by atomic mass is 10.2. The lowest BCUT2D eigenvalue weighted by molar-refractivity contribution is 0.532. The number of hydrogen-bond acceptors (Lipinski definition) is 3. The van der Waals surface area contributed by atoms with Crippen molar-refractivity contribution in [3.8, 4) is 0 Å². The van der Waals surface area contributed by atoms with E-state index in [0.717, 1.165) is 12.5 Å². The summed E-state index contributed by atoms with van der Waals surface area (Å²) in [5.41, 5.74) is 0. The molecule has 0 bridgehead atoms. The van der Waals surface area contributed by atoms with Crippen molar-refractivity contribution in [1.29, 1.82) is 0 Å². The average Bonchev–Trinajstić information content (AvgIpc) is 2.58. The molecule has 1 N–H and O–H groups in total. The van der Waals surface area contributed by atoms with Crippen LogP contribution in [0.5, 0.6) is 0 Å². The molecule has 2 rings (SSSR count). The highest BCUT2D eigenvalue weighted by atomic mass is 32.2. The molecule has 66 valence electrons. The van der Waals surface area contributed by atoms with Crippen molar-refractivity contribution < 1.29 is 0 Å². The van der Waals surface area contributed by atoms with Gasteiger partial charge in [-0.05, 0) is 29.7 Å². The Morgan fingerprint density at radius 1 is 1.58 bits per heavy atom. The summed E-state index contributed by atoms with van der Waals surface area (Å²) < 4.78 is 0. The van der Waals surface area contributed by atoms with Crippen molar-refractivity contribution in [3.63, 3.8) is 0 Å². The molecular formula is C9H13NS2. The smallest absolute Gasteiger partial charge is 0.0882 e. The average molecular weight is 199 g/mol. The zero-order chi connectivity index (χ0) is 8.39. The molecule has 1 aromatic rings. The first-order valence-electron chi connectivity index (χ1n) is 4.24. The number of thioether (sulfide) groups is 1. The fourth-order valence-corrected chi connectivity index (χ4v) is 3.45. The van der Waals surface area contributed by atoms with E-state index in [9.17, 15) is 0 Å². The first kappa shape index (κ1) is 8.60. The summed E-state index contributed by atoms with van der Waals surface area (Å²) in [6.07, 6.45) is 0. The van der Waals surface area contributed by atoms with Crippen LogP contribution in [0.1, 0.15) is 17.2 Å². The Hall–Kier alpha value is 0.01000. The van der Waals surface area contributed by atoms with E-state index in [0.29, 0.717) is 5.37 Å². The van der Waals surface area contributed by atoms with E-state index >= 15 is 0 Å². The third kappa shape index (κ3) is 1.84. The maximum atomic E-state index is 3.54. The highest BCUT2D eigenvalue weighted by Gasteiger charge is 2.19. The van der Waals surface area contributed by atoms with E-state index in [2.05, 4.69) is 29.8 Å². The van der Waals surface area contributed by atoms with Crippen LogP contribution in [0, 0.1) is 5.92 Å². The first-order valence-corrected chi connectivity index (χ1v) is 6.17. The first-order chi connectivity index (χ1) is 5.86. The number of thiophene rings is 1. The monoisotopic (exact) mass is 199 g/mol. The van der Waals surface area contributed by atoms with E-state index in [1.54, 1.807) is 0 Å². The van der Waals surface area contributed by atoms with E-state index in [-0.39, 0.29) is 0 Å². The summed E-state index contributed by atoms with van der Waals surface area (Å²) in [6, 6.07) is 4.34. The van der Waals surface area contributed by atoms with Crippen LogP contribution in [0.4, 0.5) is 0 Å². The molecule has 1 saturated heterocycles. The summed E-state index contributed by atoms with van der Waals surface area (Å²) in [5.74, 6) is 2.11. The Morgan fingerprint density at radius 2 is 2.50 bits per heavy atom. The molecule has 0 amide bonds. The maximum absolute atomic E-state index is 3.54. The van der Waals surface area contributed by atoms with Crippen molar-refractivity contribution in [1.82, 2.24) is 5.32 Å². The number of rotatable bonds is 1. The molecule has 0 saturated carbocycles. The Labute approximate surface area is 81.6 Å². The fourth-order valence-electron chi connectivity index (χ4n) is 1.31. The van der Waals surface area contributed by atoms with Gasteiger partial charge in [0.25, 0.3) is 0 Å². The van der Waals surface area contributed by atoms with Crippen LogP contribution in [-0.4, -0.2) is 12.3 Å². The van der Waals surface area contributed by atoms with Gasteiger partial charge in [-0.1, -0.05) is 13.0 Å². The van der Waals surface area contributed by atoms with Gasteiger partial charge in [0, 0.05) is 4.88 Å². The zero-order valence-electron chi connectivity index (χ0n) is 7.12. The Morgan fingerprint density at radius 3 is 3.08 bits per heavy atom. The van der Waals surface area contributed by atoms with Gasteiger partial charge >= 0.3 is 0 Å². The standard InChI is InChI=1S/C9H13NS2/c1-7-5-10-9(12-6-7)8-3-2-4-11-8/h2-4,7,9-10H,5-6H2,1H3. The van der Waals surface area contributed by atoms with Crippen molar-refractivity contribution in [2.75, 3.05) is 12.3 Å². The molecule has 1 aliphatic heterocycles. The van der Waals surface area contributed by atoms with Gasteiger partial charge in [-0.25, -0.2) is 0 Å². The second-order valence-electron chi connectivity index (χ2n) is 3.24. The molecule has 0 radical (unpaired) electrons. The van der Waals surface area contributed by atoms with Gasteiger partial charge < -0.3 is 5.32 Å². The van der Waals surface area contributed by atoms with Gasteiger partial charge in [-0.3, -0.25) is 0 Å². The highest BCUT2D eigenvalue weighted by molar-refractivity contribution is 7.99. The minimum atomic E-state index is 0.557. The summed E-state index contributed by atoms with van der Waals surface area (Å²) >= 11 is 3.88. The van der Waals surface area contributed by atoms with Crippen molar-refractivity contribution >= 4 is 23.1 Å². The van der Waals surface area contributed by atoms with Crippen LogP contribution >= 0.6 is 23.1 Å². The van der Waals surface area contributed by atoms with Gasteiger partial charge in [0.15, 0.2) is 0 Å². The van der Waals surface area contributed by atoms with E-state index in [4.69, 9.17) is 0 Å².